The molecule has 0 aromatic carbocycles. The third-order valence-corrected chi connectivity index (χ3v) is 3.42. The summed E-state index contributed by atoms with van der Waals surface area (Å²) in [5.74, 6) is -0.586. The lowest BCUT2D eigenvalue weighted by molar-refractivity contribution is -0.151. The van der Waals surface area contributed by atoms with E-state index in [0.29, 0.717) is 0 Å². The molecule has 2 atom stereocenters. The maximum absolute atomic E-state index is 11.1. The van der Waals surface area contributed by atoms with Gasteiger partial charge in [-0.3, -0.25) is 4.79 Å². The molecule has 2 fully saturated rings. The Hall–Kier alpha value is -0.280. The molecule has 0 aromatic rings. The minimum Gasteiger partial charge on any atom is -0.481 e. The second kappa shape index (κ2) is 3.84. The highest BCUT2D eigenvalue weighted by atomic mass is 35.5. The number of nitrogens with one attached hydrogen (secondary N) is 1. The van der Waals surface area contributed by atoms with Gasteiger partial charge in [-0.1, -0.05) is 12.8 Å². The lowest BCUT2D eigenvalue weighted by Gasteiger charge is -2.34. The molecule has 13 heavy (non-hydrogen) atoms. The topological polar surface area (TPSA) is 49.3 Å². The summed E-state index contributed by atoms with van der Waals surface area (Å²) in [6.07, 6.45) is 5.02. The molecule has 76 valence electrons. The van der Waals surface area contributed by atoms with Crippen molar-refractivity contribution in [1.82, 2.24) is 5.32 Å². The Bertz CT molecular complexity index is 210. The molecule has 1 aliphatic carbocycles. The van der Waals surface area contributed by atoms with E-state index in [4.69, 9.17) is 5.11 Å². The van der Waals surface area contributed by atoms with Gasteiger partial charge >= 0.3 is 5.97 Å². The molecule has 2 rings (SSSR count). The number of carbonyl (C=O) groups is 1. The maximum atomic E-state index is 11.1. The van der Waals surface area contributed by atoms with E-state index in [1.807, 2.05) is 0 Å². The summed E-state index contributed by atoms with van der Waals surface area (Å²) < 4.78 is 0. The SMILES string of the molecule is Cl.O=C(O)[C@@]12CCCC[C@@H]1NCC2. The van der Waals surface area contributed by atoms with E-state index < -0.39 is 11.4 Å². The minimum atomic E-state index is -0.586. The first kappa shape index (κ1) is 10.8. The number of hydrogen-bond acceptors (Lipinski definition) is 2. The third-order valence-electron chi connectivity index (χ3n) is 3.42. The van der Waals surface area contributed by atoms with Crippen LogP contribution >= 0.6 is 12.4 Å². The predicted octanol–water partition coefficient (Wildman–Crippen LogP) is 1.42. The van der Waals surface area contributed by atoms with E-state index in [-0.39, 0.29) is 18.4 Å². The van der Waals surface area contributed by atoms with Crippen LogP contribution in [-0.4, -0.2) is 23.7 Å². The molecule has 0 aromatic heterocycles. The Morgan fingerprint density at radius 2 is 2.15 bits per heavy atom. The van der Waals surface area contributed by atoms with Crippen molar-refractivity contribution < 1.29 is 9.90 Å². The number of halogens is 1. The van der Waals surface area contributed by atoms with Crippen LogP contribution in [0.4, 0.5) is 0 Å². The second-order valence-electron chi connectivity index (χ2n) is 3.96. The van der Waals surface area contributed by atoms with Gasteiger partial charge in [-0.2, -0.15) is 0 Å². The maximum Gasteiger partial charge on any atom is 0.311 e. The smallest absolute Gasteiger partial charge is 0.311 e. The summed E-state index contributed by atoms with van der Waals surface area (Å²) in [5.41, 5.74) is -0.405. The summed E-state index contributed by atoms with van der Waals surface area (Å²) >= 11 is 0. The number of carboxylic acid groups (broad SMARTS) is 1. The van der Waals surface area contributed by atoms with Crippen LogP contribution in [0.3, 0.4) is 0 Å². The fourth-order valence-electron chi connectivity index (χ4n) is 2.67. The van der Waals surface area contributed by atoms with Gasteiger partial charge in [0.25, 0.3) is 0 Å². The number of aliphatic carboxylic acids is 1. The molecule has 4 heteroatoms. The van der Waals surface area contributed by atoms with E-state index in [1.165, 1.54) is 6.42 Å². The zero-order valence-electron chi connectivity index (χ0n) is 7.58. The first-order valence-corrected chi connectivity index (χ1v) is 4.72. The van der Waals surface area contributed by atoms with Crippen molar-refractivity contribution in [1.29, 1.82) is 0 Å². The Morgan fingerprint density at radius 3 is 2.77 bits per heavy atom. The third kappa shape index (κ3) is 1.55. The van der Waals surface area contributed by atoms with Gasteiger partial charge in [0.1, 0.15) is 0 Å². The Labute approximate surface area is 84.3 Å². The molecule has 1 aliphatic heterocycles. The van der Waals surface area contributed by atoms with E-state index in [9.17, 15) is 4.79 Å². The van der Waals surface area contributed by atoms with Crippen LogP contribution in [0.1, 0.15) is 32.1 Å². The van der Waals surface area contributed by atoms with Gasteiger partial charge in [0.15, 0.2) is 0 Å². The zero-order valence-corrected chi connectivity index (χ0v) is 8.40. The molecular formula is C9H16ClNO2. The molecule has 0 unspecified atom stereocenters. The van der Waals surface area contributed by atoms with Crippen molar-refractivity contribution in [3.63, 3.8) is 0 Å². The quantitative estimate of drug-likeness (QED) is 0.681. The summed E-state index contributed by atoms with van der Waals surface area (Å²) in [5, 5.41) is 12.5. The van der Waals surface area contributed by atoms with Crippen molar-refractivity contribution >= 4 is 18.4 Å². The van der Waals surface area contributed by atoms with Gasteiger partial charge in [-0.25, -0.2) is 0 Å². The number of carboxylic acids is 1. The van der Waals surface area contributed by atoms with E-state index in [1.54, 1.807) is 0 Å². The van der Waals surface area contributed by atoms with E-state index in [2.05, 4.69) is 5.32 Å². The molecule has 0 bridgehead atoms. The fourth-order valence-corrected chi connectivity index (χ4v) is 2.67. The molecule has 2 N–H and O–H groups in total. The second-order valence-corrected chi connectivity index (χ2v) is 3.96. The normalized spacial score (nSPS) is 37.7. The van der Waals surface area contributed by atoms with Gasteiger partial charge < -0.3 is 10.4 Å². The van der Waals surface area contributed by atoms with Gasteiger partial charge in [0.2, 0.25) is 0 Å². The molecule has 0 radical (unpaired) electrons. The molecule has 1 saturated heterocycles. The Balaban J connectivity index is 0.000000845. The number of hydrogen-bond donors (Lipinski definition) is 2. The molecule has 3 nitrogen and oxygen atoms in total. The van der Waals surface area contributed by atoms with Crippen molar-refractivity contribution in [3.8, 4) is 0 Å². The van der Waals surface area contributed by atoms with Gasteiger partial charge in [-0.15, -0.1) is 12.4 Å². The van der Waals surface area contributed by atoms with Crippen LogP contribution < -0.4 is 5.32 Å². The van der Waals surface area contributed by atoms with Gasteiger partial charge in [0.05, 0.1) is 5.41 Å². The van der Waals surface area contributed by atoms with Crippen LogP contribution in [-0.2, 0) is 4.79 Å². The molecule has 0 amide bonds. The van der Waals surface area contributed by atoms with Crippen LogP contribution in [0.5, 0.6) is 0 Å². The van der Waals surface area contributed by atoms with Crippen LogP contribution in [0.2, 0.25) is 0 Å². The lowest BCUT2D eigenvalue weighted by Crippen LogP contribution is -2.44. The van der Waals surface area contributed by atoms with Crippen molar-refractivity contribution in [2.45, 2.75) is 38.1 Å². The fraction of sp³-hybridized carbons (Fsp3) is 0.889. The average Bonchev–Trinajstić information content (AvgIpc) is 2.48. The predicted molar refractivity (Wildman–Crippen MR) is 52.2 cm³/mol. The molecule has 1 saturated carbocycles. The lowest BCUT2D eigenvalue weighted by atomic mass is 9.71. The molecule has 1 heterocycles. The van der Waals surface area contributed by atoms with Crippen molar-refractivity contribution in [2.75, 3.05) is 6.54 Å². The van der Waals surface area contributed by atoms with Crippen LogP contribution in [0, 0.1) is 5.41 Å². The zero-order chi connectivity index (χ0) is 8.60. The average molecular weight is 206 g/mol. The largest absolute Gasteiger partial charge is 0.481 e. The molecule has 2 aliphatic rings. The number of fused-ring (bicyclic) bond motifs is 1. The molecular weight excluding hydrogens is 190 g/mol. The molecule has 0 spiro atoms. The Morgan fingerprint density at radius 1 is 1.38 bits per heavy atom. The summed E-state index contributed by atoms with van der Waals surface area (Å²) in [6.45, 7) is 0.886. The van der Waals surface area contributed by atoms with Gasteiger partial charge in [0, 0.05) is 6.04 Å². The van der Waals surface area contributed by atoms with Crippen molar-refractivity contribution in [3.05, 3.63) is 0 Å². The van der Waals surface area contributed by atoms with E-state index in [0.717, 1.165) is 32.2 Å². The summed E-state index contributed by atoms with van der Waals surface area (Å²) in [4.78, 5) is 11.1. The standard InChI is InChI=1S/C9H15NO2.ClH/c11-8(12)9-4-2-1-3-7(9)10-6-5-9;/h7,10H,1-6H2,(H,11,12);1H/t7-,9+;/m0./s1. The number of rotatable bonds is 1. The first-order chi connectivity index (χ1) is 5.76. The summed E-state index contributed by atoms with van der Waals surface area (Å²) in [6, 6.07) is 0.253. The van der Waals surface area contributed by atoms with Crippen LogP contribution in [0.25, 0.3) is 0 Å². The van der Waals surface area contributed by atoms with Crippen LogP contribution in [0.15, 0.2) is 0 Å². The monoisotopic (exact) mass is 205 g/mol. The highest BCUT2D eigenvalue weighted by Crippen LogP contribution is 2.42. The van der Waals surface area contributed by atoms with Gasteiger partial charge in [-0.05, 0) is 25.8 Å². The first-order valence-electron chi connectivity index (χ1n) is 4.72. The van der Waals surface area contributed by atoms with Crippen molar-refractivity contribution in [2.24, 2.45) is 5.41 Å². The Kier molecular flexibility index (Phi) is 3.19. The highest BCUT2D eigenvalue weighted by Gasteiger charge is 2.49. The van der Waals surface area contributed by atoms with E-state index >= 15 is 0 Å². The highest BCUT2D eigenvalue weighted by molar-refractivity contribution is 5.85. The minimum absolute atomic E-state index is 0. The summed E-state index contributed by atoms with van der Waals surface area (Å²) in [7, 11) is 0.